The van der Waals surface area contributed by atoms with Crippen LogP contribution >= 0.6 is 11.6 Å². The Hall–Kier alpha value is -3.92. The van der Waals surface area contributed by atoms with E-state index in [0.29, 0.717) is 22.1 Å². The number of hydrogen-bond donors (Lipinski definition) is 3. The van der Waals surface area contributed by atoms with Crippen molar-refractivity contribution in [3.05, 3.63) is 88.4 Å². The molecular formula is C30H29ClN2O7. The molecule has 0 aromatic heterocycles. The lowest BCUT2D eigenvalue weighted by molar-refractivity contribution is -0.154. The standard InChI is InChI=1S/C30H29ClN2O7/c1-16-12-13-19(14-21(16)31)33-27(35)23-24(28(33)36)30(17(2)34,29(37)38)32-25(23)20-10-7-11-22(39-3)26(20)40-15-18-8-5-4-6-9-18/h4-14,17,23-25,32,34H,15H2,1-3H3,(H,37,38). The molecule has 0 saturated carbocycles. The molecule has 0 bridgehead atoms. The van der Waals surface area contributed by atoms with Crippen LogP contribution in [0.3, 0.4) is 0 Å². The van der Waals surface area contributed by atoms with E-state index in [4.69, 9.17) is 21.1 Å². The molecule has 9 nitrogen and oxygen atoms in total. The van der Waals surface area contributed by atoms with Crippen molar-refractivity contribution in [1.29, 1.82) is 0 Å². The molecule has 5 unspecified atom stereocenters. The number of aliphatic hydroxyl groups is 1. The molecule has 0 radical (unpaired) electrons. The number of methoxy groups -OCH3 is 1. The zero-order chi connectivity index (χ0) is 28.8. The van der Waals surface area contributed by atoms with Crippen LogP contribution in [0.1, 0.15) is 29.7 Å². The first-order chi connectivity index (χ1) is 19.1. The van der Waals surface area contributed by atoms with E-state index in [1.54, 1.807) is 37.3 Å². The van der Waals surface area contributed by atoms with Crippen LogP contribution in [-0.4, -0.2) is 46.7 Å². The van der Waals surface area contributed by atoms with E-state index < -0.39 is 47.3 Å². The first-order valence-corrected chi connectivity index (χ1v) is 13.2. The summed E-state index contributed by atoms with van der Waals surface area (Å²) in [5.41, 5.74) is 0.152. The van der Waals surface area contributed by atoms with Crippen LogP contribution < -0.4 is 19.7 Å². The highest BCUT2D eigenvalue weighted by Gasteiger charge is 2.70. The van der Waals surface area contributed by atoms with E-state index in [1.165, 1.54) is 20.1 Å². The summed E-state index contributed by atoms with van der Waals surface area (Å²) in [6, 6.07) is 18.3. The fourth-order valence-corrected chi connectivity index (χ4v) is 5.94. The van der Waals surface area contributed by atoms with Crippen molar-refractivity contribution in [1.82, 2.24) is 5.32 Å². The lowest BCUT2D eigenvalue weighted by Gasteiger charge is -2.33. The average Bonchev–Trinajstić information content (AvgIpc) is 3.43. The van der Waals surface area contributed by atoms with Gasteiger partial charge in [-0.25, -0.2) is 4.90 Å². The number of benzene rings is 3. The summed E-state index contributed by atoms with van der Waals surface area (Å²) in [4.78, 5) is 41.7. The van der Waals surface area contributed by atoms with Gasteiger partial charge in [-0.1, -0.05) is 60.1 Å². The summed E-state index contributed by atoms with van der Waals surface area (Å²) in [7, 11) is 1.48. The monoisotopic (exact) mass is 564 g/mol. The number of hydrogen-bond acceptors (Lipinski definition) is 7. The number of imide groups is 1. The molecule has 3 N–H and O–H groups in total. The molecule has 10 heteroatoms. The van der Waals surface area contributed by atoms with Gasteiger partial charge in [0.15, 0.2) is 17.0 Å². The minimum absolute atomic E-state index is 0.177. The van der Waals surface area contributed by atoms with Gasteiger partial charge in [0.2, 0.25) is 11.8 Å². The lowest BCUT2D eigenvalue weighted by Crippen LogP contribution is -2.62. The Labute approximate surface area is 236 Å². The molecule has 2 amide bonds. The van der Waals surface area contributed by atoms with Crippen LogP contribution in [0, 0.1) is 18.8 Å². The number of amides is 2. The third kappa shape index (κ3) is 4.30. The second kappa shape index (κ2) is 10.6. The third-order valence-corrected chi connectivity index (χ3v) is 8.22. The van der Waals surface area contributed by atoms with Crippen molar-refractivity contribution >= 4 is 35.1 Å². The zero-order valence-corrected chi connectivity index (χ0v) is 22.9. The number of nitrogens with zero attached hydrogens (tertiary/aromatic N) is 1. The summed E-state index contributed by atoms with van der Waals surface area (Å²) >= 11 is 6.30. The van der Waals surface area contributed by atoms with Crippen molar-refractivity contribution in [3.8, 4) is 11.5 Å². The third-order valence-electron chi connectivity index (χ3n) is 7.81. The first kappa shape index (κ1) is 27.6. The molecule has 5 atom stereocenters. The quantitative estimate of drug-likeness (QED) is 0.352. The predicted octanol–water partition coefficient (Wildman–Crippen LogP) is 3.89. The number of rotatable bonds is 8. The van der Waals surface area contributed by atoms with Gasteiger partial charge in [-0.15, -0.1) is 0 Å². The predicted molar refractivity (Wildman–Crippen MR) is 147 cm³/mol. The summed E-state index contributed by atoms with van der Waals surface area (Å²) in [5.74, 6) is -4.68. The van der Waals surface area contributed by atoms with Gasteiger partial charge >= 0.3 is 5.97 Å². The first-order valence-electron chi connectivity index (χ1n) is 12.8. The Kier molecular flexibility index (Phi) is 7.31. The number of aliphatic hydroxyl groups excluding tert-OH is 1. The fourth-order valence-electron chi connectivity index (χ4n) is 5.77. The summed E-state index contributed by atoms with van der Waals surface area (Å²) < 4.78 is 11.8. The Morgan fingerprint density at radius 2 is 1.82 bits per heavy atom. The van der Waals surface area contributed by atoms with Gasteiger partial charge in [0.25, 0.3) is 0 Å². The minimum atomic E-state index is -2.15. The van der Waals surface area contributed by atoms with Gasteiger partial charge in [0.05, 0.1) is 30.7 Å². The van der Waals surface area contributed by atoms with Crippen molar-refractivity contribution in [2.24, 2.45) is 11.8 Å². The maximum Gasteiger partial charge on any atom is 0.327 e. The number of aliphatic carboxylic acids is 1. The number of nitrogens with one attached hydrogen (secondary N) is 1. The fraction of sp³-hybridized carbons (Fsp3) is 0.300. The minimum Gasteiger partial charge on any atom is -0.493 e. The Morgan fingerprint density at radius 1 is 1.10 bits per heavy atom. The van der Waals surface area contributed by atoms with Crippen LogP contribution in [0.15, 0.2) is 66.7 Å². The zero-order valence-electron chi connectivity index (χ0n) is 22.1. The van der Waals surface area contributed by atoms with E-state index in [1.807, 2.05) is 30.3 Å². The number of aryl methyl sites for hydroxylation is 1. The number of halogens is 1. The Bertz CT molecular complexity index is 1480. The summed E-state index contributed by atoms with van der Waals surface area (Å²) in [6.45, 7) is 3.26. The van der Waals surface area contributed by atoms with Crippen molar-refractivity contribution in [2.75, 3.05) is 12.0 Å². The number of carboxylic acids is 1. The molecule has 2 aliphatic rings. The Morgan fingerprint density at radius 3 is 2.45 bits per heavy atom. The van der Waals surface area contributed by atoms with Crippen LogP contribution in [0.25, 0.3) is 0 Å². The van der Waals surface area contributed by atoms with Crippen LogP contribution in [-0.2, 0) is 21.0 Å². The van der Waals surface area contributed by atoms with Gasteiger partial charge in [-0.2, -0.15) is 0 Å². The number of ether oxygens (including phenoxy) is 2. The SMILES string of the molecule is COc1cccc(C2NC(C(=O)O)(C(C)O)C3C(=O)N(c4ccc(C)c(Cl)c4)C(=O)C23)c1OCc1ccccc1. The van der Waals surface area contributed by atoms with Crippen molar-refractivity contribution < 1.29 is 34.1 Å². The van der Waals surface area contributed by atoms with Crippen LogP contribution in [0.2, 0.25) is 5.02 Å². The molecule has 0 aliphatic carbocycles. The highest BCUT2D eigenvalue weighted by atomic mass is 35.5. The molecule has 40 heavy (non-hydrogen) atoms. The van der Waals surface area contributed by atoms with Crippen molar-refractivity contribution in [3.63, 3.8) is 0 Å². The molecule has 2 aliphatic heterocycles. The van der Waals surface area contributed by atoms with Crippen LogP contribution in [0.5, 0.6) is 11.5 Å². The Balaban J connectivity index is 1.64. The molecule has 2 fully saturated rings. The number of para-hydroxylation sites is 1. The molecule has 0 spiro atoms. The number of carboxylic acid groups (broad SMARTS) is 1. The smallest absolute Gasteiger partial charge is 0.327 e. The number of fused-ring (bicyclic) bond motifs is 1. The van der Waals surface area contributed by atoms with Gasteiger partial charge in [0.1, 0.15) is 6.61 Å². The van der Waals surface area contributed by atoms with E-state index in [2.05, 4.69) is 5.32 Å². The average molecular weight is 565 g/mol. The largest absolute Gasteiger partial charge is 0.493 e. The summed E-state index contributed by atoms with van der Waals surface area (Å²) in [5, 5.41) is 24.6. The highest BCUT2D eigenvalue weighted by Crippen LogP contribution is 2.53. The number of carbonyl (C=O) groups excluding carboxylic acids is 2. The van der Waals surface area contributed by atoms with E-state index in [0.717, 1.165) is 16.0 Å². The maximum absolute atomic E-state index is 14.0. The van der Waals surface area contributed by atoms with E-state index >= 15 is 0 Å². The molecule has 208 valence electrons. The molecule has 2 saturated heterocycles. The van der Waals surface area contributed by atoms with Gasteiger partial charge in [-0.05, 0) is 43.2 Å². The van der Waals surface area contributed by atoms with Crippen LogP contribution in [0.4, 0.5) is 5.69 Å². The number of anilines is 1. The second-order valence-corrected chi connectivity index (χ2v) is 10.5. The van der Waals surface area contributed by atoms with E-state index in [9.17, 15) is 24.6 Å². The van der Waals surface area contributed by atoms with Gasteiger partial charge < -0.3 is 19.7 Å². The lowest BCUT2D eigenvalue weighted by atomic mass is 9.76. The second-order valence-electron chi connectivity index (χ2n) is 10.1. The number of carbonyl (C=O) groups is 3. The summed E-state index contributed by atoms with van der Waals surface area (Å²) in [6.07, 6.45) is -1.53. The molecular weight excluding hydrogens is 536 g/mol. The maximum atomic E-state index is 14.0. The molecule has 5 rings (SSSR count). The molecule has 3 aromatic rings. The van der Waals surface area contributed by atoms with Crippen molar-refractivity contribution in [2.45, 2.75) is 38.1 Å². The molecule has 2 heterocycles. The van der Waals surface area contributed by atoms with Gasteiger partial charge in [0, 0.05) is 16.6 Å². The van der Waals surface area contributed by atoms with Gasteiger partial charge in [-0.3, -0.25) is 19.7 Å². The highest BCUT2D eigenvalue weighted by molar-refractivity contribution is 6.32. The normalized spacial score (nSPS) is 24.6. The van der Waals surface area contributed by atoms with E-state index in [-0.39, 0.29) is 12.3 Å². The molecule has 3 aromatic carbocycles. The topological polar surface area (TPSA) is 125 Å².